The Hall–Kier alpha value is -0.530. The fourth-order valence-corrected chi connectivity index (χ4v) is 1.57. The molecule has 0 amide bonds. The number of hydrazine groups is 1. The molecular formula is C10H11Cl2F3N2O. The molecular weight excluding hydrogens is 292 g/mol. The first-order valence-electron chi connectivity index (χ1n) is 4.89. The molecule has 18 heavy (non-hydrogen) atoms. The molecule has 1 unspecified atom stereocenters. The summed E-state index contributed by atoms with van der Waals surface area (Å²) in [5.41, 5.74) is 2.95. The summed E-state index contributed by atoms with van der Waals surface area (Å²) < 4.78 is 40.3. The quantitative estimate of drug-likeness (QED) is 0.649. The van der Waals surface area contributed by atoms with Gasteiger partial charge >= 0.3 is 6.18 Å². The number of nitrogens with one attached hydrogen (secondary N) is 1. The zero-order valence-electron chi connectivity index (χ0n) is 9.10. The minimum atomic E-state index is -4.36. The predicted octanol–water partition coefficient (Wildman–Crippen LogP) is 3.08. The largest absolute Gasteiger partial charge is 0.411 e. The van der Waals surface area contributed by atoms with E-state index in [1.165, 1.54) is 12.1 Å². The highest BCUT2D eigenvalue weighted by molar-refractivity contribution is 6.42. The van der Waals surface area contributed by atoms with Crippen molar-refractivity contribution in [3.8, 4) is 0 Å². The van der Waals surface area contributed by atoms with Crippen LogP contribution in [0, 0.1) is 0 Å². The third kappa shape index (κ3) is 4.99. The first-order chi connectivity index (χ1) is 8.33. The van der Waals surface area contributed by atoms with Crippen molar-refractivity contribution in [2.45, 2.75) is 12.2 Å². The highest BCUT2D eigenvalue weighted by Crippen LogP contribution is 2.26. The molecule has 0 radical (unpaired) electrons. The van der Waals surface area contributed by atoms with E-state index in [2.05, 4.69) is 10.2 Å². The van der Waals surface area contributed by atoms with E-state index in [4.69, 9.17) is 29.0 Å². The normalized spacial score (nSPS) is 13.7. The van der Waals surface area contributed by atoms with Crippen molar-refractivity contribution < 1.29 is 17.9 Å². The van der Waals surface area contributed by atoms with Gasteiger partial charge in [-0.3, -0.25) is 11.3 Å². The Labute approximate surface area is 112 Å². The fourth-order valence-electron chi connectivity index (χ4n) is 1.26. The van der Waals surface area contributed by atoms with Crippen LogP contribution in [0.2, 0.25) is 10.0 Å². The number of hydrogen-bond donors (Lipinski definition) is 2. The van der Waals surface area contributed by atoms with E-state index < -0.39 is 18.8 Å². The Kier molecular flexibility index (Phi) is 5.68. The molecule has 0 aliphatic rings. The molecule has 0 saturated heterocycles. The minimum Gasteiger partial charge on any atom is -0.370 e. The van der Waals surface area contributed by atoms with E-state index >= 15 is 0 Å². The lowest BCUT2D eigenvalue weighted by molar-refractivity contribution is -0.175. The van der Waals surface area contributed by atoms with Crippen LogP contribution in [0.3, 0.4) is 0 Å². The van der Waals surface area contributed by atoms with Gasteiger partial charge in [-0.1, -0.05) is 29.3 Å². The summed E-state index contributed by atoms with van der Waals surface area (Å²) in [7, 11) is 0. The lowest BCUT2D eigenvalue weighted by Crippen LogP contribution is -2.32. The van der Waals surface area contributed by atoms with Gasteiger partial charge in [0.05, 0.1) is 22.7 Å². The van der Waals surface area contributed by atoms with E-state index in [1.807, 2.05) is 0 Å². The van der Waals surface area contributed by atoms with Gasteiger partial charge in [0, 0.05) is 0 Å². The van der Waals surface area contributed by atoms with Gasteiger partial charge in [0.25, 0.3) is 0 Å². The molecule has 0 aliphatic heterocycles. The Morgan fingerprint density at radius 3 is 2.44 bits per heavy atom. The van der Waals surface area contributed by atoms with Crippen LogP contribution in [-0.2, 0) is 4.74 Å². The molecule has 1 atom stereocenters. The SMILES string of the molecule is NNC(COCC(F)(F)F)c1ccc(Cl)c(Cl)c1. The number of hydrogen-bond acceptors (Lipinski definition) is 3. The first kappa shape index (κ1) is 15.5. The molecule has 0 fully saturated rings. The van der Waals surface area contributed by atoms with Crippen LogP contribution >= 0.6 is 23.2 Å². The van der Waals surface area contributed by atoms with Crippen molar-refractivity contribution in [3.63, 3.8) is 0 Å². The van der Waals surface area contributed by atoms with Crippen molar-refractivity contribution in [2.75, 3.05) is 13.2 Å². The van der Waals surface area contributed by atoms with Crippen molar-refractivity contribution in [2.24, 2.45) is 5.84 Å². The van der Waals surface area contributed by atoms with Crippen LogP contribution in [0.15, 0.2) is 18.2 Å². The summed E-state index contributed by atoms with van der Waals surface area (Å²) in [6.45, 7) is -1.56. The zero-order valence-corrected chi connectivity index (χ0v) is 10.6. The summed E-state index contributed by atoms with van der Waals surface area (Å²) >= 11 is 11.5. The van der Waals surface area contributed by atoms with Gasteiger partial charge in [0.1, 0.15) is 6.61 Å². The number of ether oxygens (including phenoxy) is 1. The van der Waals surface area contributed by atoms with E-state index in [-0.39, 0.29) is 6.61 Å². The number of rotatable bonds is 5. The van der Waals surface area contributed by atoms with E-state index in [0.717, 1.165) is 0 Å². The van der Waals surface area contributed by atoms with E-state index in [9.17, 15) is 13.2 Å². The third-order valence-corrected chi connectivity index (χ3v) is 2.84. The molecule has 8 heteroatoms. The highest BCUT2D eigenvalue weighted by atomic mass is 35.5. The van der Waals surface area contributed by atoms with Crippen LogP contribution in [0.4, 0.5) is 13.2 Å². The van der Waals surface area contributed by atoms with Gasteiger partial charge in [0.15, 0.2) is 0 Å². The molecule has 1 aromatic carbocycles. The maximum absolute atomic E-state index is 11.9. The molecule has 0 spiro atoms. The Morgan fingerprint density at radius 2 is 1.94 bits per heavy atom. The first-order valence-corrected chi connectivity index (χ1v) is 5.64. The average Bonchev–Trinajstić information content (AvgIpc) is 2.27. The molecule has 102 valence electrons. The van der Waals surface area contributed by atoms with Crippen molar-refractivity contribution >= 4 is 23.2 Å². The topological polar surface area (TPSA) is 47.3 Å². The molecule has 0 heterocycles. The molecule has 0 aliphatic carbocycles. The van der Waals surface area contributed by atoms with Gasteiger partial charge in [-0.05, 0) is 17.7 Å². The van der Waals surface area contributed by atoms with Crippen LogP contribution in [0.25, 0.3) is 0 Å². The summed E-state index contributed by atoms with van der Waals surface area (Å²) in [4.78, 5) is 0. The molecule has 1 rings (SSSR count). The smallest absolute Gasteiger partial charge is 0.370 e. The second-order valence-electron chi connectivity index (χ2n) is 3.52. The lowest BCUT2D eigenvalue weighted by atomic mass is 10.1. The molecule has 0 aromatic heterocycles. The third-order valence-electron chi connectivity index (χ3n) is 2.10. The molecule has 0 saturated carbocycles. The van der Waals surface area contributed by atoms with Crippen LogP contribution < -0.4 is 11.3 Å². The van der Waals surface area contributed by atoms with Crippen molar-refractivity contribution in [1.82, 2.24) is 5.43 Å². The molecule has 3 N–H and O–H groups in total. The van der Waals surface area contributed by atoms with Crippen molar-refractivity contribution in [1.29, 1.82) is 0 Å². The van der Waals surface area contributed by atoms with Gasteiger partial charge < -0.3 is 4.74 Å². The Balaban J connectivity index is 2.63. The minimum absolute atomic E-state index is 0.228. The second-order valence-corrected chi connectivity index (χ2v) is 4.34. The second kappa shape index (κ2) is 6.58. The molecule has 0 bridgehead atoms. The molecule has 1 aromatic rings. The summed E-state index contributed by atoms with van der Waals surface area (Å²) in [6, 6.07) is 4.07. The number of benzene rings is 1. The van der Waals surface area contributed by atoms with Gasteiger partial charge in [-0.15, -0.1) is 0 Å². The van der Waals surface area contributed by atoms with E-state index in [0.29, 0.717) is 15.6 Å². The Morgan fingerprint density at radius 1 is 1.28 bits per heavy atom. The van der Waals surface area contributed by atoms with Crippen LogP contribution in [0.5, 0.6) is 0 Å². The predicted molar refractivity (Wildman–Crippen MR) is 63.4 cm³/mol. The number of halogens is 5. The lowest BCUT2D eigenvalue weighted by Gasteiger charge is -2.17. The van der Waals surface area contributed by atoms with Gasteiger partial charge in [0.2, 0.25) is 0 Å². The number of nitrogens with two attached hydrogens (primary N) is 1. The monoisotopic (exact) mass is 302 g/mol. The highest BCUT2D eigenvalue weighted by Gasteiger charge is 2.28. The van der Waals surface area contributed by atoms with E-state index in [1.54, 1.807) is 6.07 Å². The zero-order chi connectivity index (χ0) is 13.8. The fraction of sp³-hybridized carbons (Fsp3) is 0.400. The van der Waals surface area contributed by atoms with Crippen LogP contribution in [0.1, 0.15) is 11.6 Å². The van der Waals surface area contributed by atoms with Crippen LogP contribution in [-0.4, -0.2) is 19.4 Å². The Bertz CT molecular complexity index is 401. The van der Waals surface area contributed by atoms with Gasteiger partial charge in [-0.2, -0.15) is 13.2 Å². The standard InChI is InChI=1S/C10H11Cl2F3N2O/c11-7-2-1-6(3-8(7)12)9(17-16)4-18-5-10(13,14)15/h1-3,9,17H,4-5,16H2. The average molecular weight is 303 g/mol. The summed E-state index contributed by atoms with van der Waals surface area (Å²) in [5, 5.41) is 0.651. The number of alkyl halides is 3. The molecule has 3 nitrogen and oxygen atoms in total. The van der Waals surface area contributed by atoms with Gasteiger partial charge in [-0.25, -0.2) is 0 Å². The maximum atomic E-state index is 11.9. The summed E-state index contributed by atoms with van der Waals surface area (Å²) in [6.07, 6.45) is -4.36. The van der Waals surface area contributed by atoms with Crippen molar-refractivity contribution in [3.05, 3.63) is 33.8 Å². The maximum Gasteiger partial charge on any atom is 0.411 e. The summed E-state index contributed by atoms with van der Waals surface area (Å²) in [5.74, 6) is 5.26.